The Kier molecular flexibility index (Phi) is 12.4. The van der Waals surface area contributed by atoms with Gasteiger partial charge in [-0.25, -0.2) is 0 Å². The van der Waals surface area contributed by atoms with Crippen LogP contribution in [0.4, 0.5) is 0 Å². The first kappa shape index (κ1) is 45.0. The second-order valence-corrected chi connectivity index (χ2v) is 17.4. The van der Waals surface area contributed by atoms with Crippen molar-refractivity contribution in [2.75, 3.05) is 0 Å². The summed E-state index contributed by atoms with van der Waals surface area (Å²) in [4.78, 5) is 18.2. The van der Waals surface area contributed by atoms with E-state index in [2.05, 4.69) is 191 Å². The SMILES string of the molecule is C=C/C(=C/C)C(=C)N=CC.c1ccc(-c2ccccc2-c2ccc3oc4ccc(-n5c6ccc(-c7ccccc7-c7ccccn7)cc6c6cc(-c7ccccc7-c7ccccn7)ccc65)cc4c3c2)nc1. The van der Waals surface area contributed by atoms with Crippen molar-refractivity contribution in [1.82, 2.24) is 19.5 Å². The molecule has 5 heterocycles. The van der Waals surface area contributed by atoms with Gasteiger partial charge in [0.2, 0.25) is 0 Å². The molecule has 0 aliphatic heterocycles. The van der Waals surface area contributed by atoms with E-state index in [9.17, 15) is 0 Å². The maximum Gasteiger partial charge on any atom is 0.135 e. The minimum absolute atomic E-state index is 0.764. The van der Waals surface area contributed by atoms with Crippen molar-refractivity contribution in [3.05, 3.63) is 255 Å². The second-order valence-electron chi connectivity index (χ2n) is 17.4. The van der Waals surface area contributed by atoms with Crippen molar-refractivity contribution in [2.24, 2.45) is 4.99 Å². The topological polar surface area (TPSA) is 69.1 Å². The summed E-state index contributed by atoms with van der Waals surface area (Å²) in [5.74, 6) is 0. The fourth-order valence-corrected chi connectivity index (χ4v) is 9.78. The minimum atomic E-state index is 0.764. The first-order valence-electron chi connectivity index (χ1n) is 24.1. The second kappa shape index (κ2) is 19.8. The molecule has 0 fully saturated rings. The average molecular weight is 928 g/mol. The number of pyridine rings is 3. The quantitative estimate of drug-likeness (QED) is 0.101. The van der Waals surface area contributed by atoms with E-state index in [1.54, 1.807) is 12.3 Å². The molecule has 6 nitrogen and oxygen atoms in total. The lowest BCUT2D eigenvalue weighted by molar-refractivity contribution is 0.669. The summed E-state index contributed by atoms with van der Waals surface area (Å²) < 4.78 is 8.89. The molecule has 0 bridgehead atoms. The van der Waals surface area contributed by atoms with Crippen molar-refractivity contribution in [2.45, 2.75) is 13.8 Å². The summed E-state index contributed by atoms with van der Waals surface area (Å²) in [7, 11) is 0. The average Bonchev–Trinajstić information content (AvgIpc) is 3.98. The van der Waals surface area contributed by atoms with Gasteiger partial charge in [0.15, 0.2) is 0 Å². The number of hydrogen-bond acceptors (Lipinski definition) is 5. The fourth-order valence-electron chi connectivity index (χ4n) is 9.78. The highest BCUT2D eigenvalue weighted by atomic mass is 16.3. The normalized spacial score (nSPS) is 11.6. The molecule has 0 radical (unpaired) electrons. The molecule has 12 rings (SSSR count). The van der Waals surface area contributed by atoms with Crippen LogP contribution in [0.2, 0.25) is 0 Å². The standard InChI is InChI=1S/C57H36N4O.C9H13N/c1-4-16-44(51-19-7-10-30-58-51)41(13-1)37-22-26-54-47(33-37)48-34-38(42-14-2-5-17-45(42)52-20-8-11-31-59-52)23-27-55(48)61(54)40-25-29-57-50(36-40)49-35-39(24-28-56(49)62-57)43-15-3-6-18-46(43)53-21-9-12-32-60-53;1-5-9(6-2)8(4)10-7-3/h1-36H;5-7H,1,4H2,2-3H3/b;9-6-,10-7?. The van der Waals surface area contributed by atoms with Gasteiger partial charge in [-0.15, -0.1) is 0 Å². The van der Waals surface area contributed by atoms with Crippen LogP contribution in [0.5, 0.6) is 0 Å². The van der Waals surface area contributed by atoms with Crippen LogP contribution in [0.3, 0.4) is 0 Å². The van der Waals surface area contributed by atoms with Gasteiger partial charge in [0.1, 0.15) is 11.2 Å². The van der Waals surface area contributed by atoms with Crippen LogP contribution < -0.4 is 0 Å². The molecule has 0 spiro atoms. The zero-order valence-electron chi connectivity index (χ0n) is 40.1. The molecule has 0 unspecified atom stereocenters. The van der Waals surface area contributed by atoms with Gasteiger partial charge >= 0.3 is 0 Å². The number of fused-ring (bicyclic) bond motifs is 6. The van der Waals surface area contributed by atoms with Gasteiger partial charge in [-0.2, -0.15) is 0 Å². The van der Waals surface area contributed by atoms with Gasteiger partial charge in [-0.3, -0.25) is 19.9 Å². The largest absolute Gasteiger partial charge is 0.456 e. The van der Waals surface area contributed by atoms with Crippen molar-refractivity contribution < 1.29 is 4.42 Å². The molecule has 0 aliphatic rings. The zero-order chi connectivity index (χ0) is 49.0. The van der Waals surface area contributed by atoms with Gasteiger partial charge in [0.25, 0.3) is 0 Å². The number of allylic oxidation sites excluding steroid dienone is 2. The van der Waals surface area contributed by atoms with Crippen molar-refractivity contribution in [3.8, 4) is 72.8 Å². The van der Waals surface area contributed by atoms with E-state index in [1.165, 1.54) is 0 Å². The third-order valence-electron chi connectivity index (χ3n) is 13.2. The van der Waals surface area contributed by atoms with Crippen LogP contribution in [0.1, 0.15) is 13.8 Å². The molecule has 0 aliphatic carbocycles. The Balaban J connectivity index is 0.000000509. The predicted molar refractivity (Wildman–Crippen MR) is 301 cm³/mol. The van der Waals surface area contributed by atoms with Crippen LogP contribution in [0.25, 0.3) is 117 Å². The Morgan fingerprint density at radius 1 is 0.458 bits per heavy atom. The van der Waals surface area contributed by atoms with Crippen LogP contribution in [-0.4, -0.2) is 25.7 Å². The molecule has 72 heavy (non-hydrogen) atoms. The Morgan fingerprint density at radius 3 is 1.28 bits per heavy atom. The highest BCUT2D eigenvalue weighted by Gasteiger charge is 2.19. The van der Waals surface area contributed by atoms with E-state index in [-0.39, 0.29) is 0 Å². The van der Waals surface area contributed by atoms with E-state index < -0.39 is 0 Å². The van der Waals surface area contributed by atoms with E-state index >= 15 is 0 Å². The Bertz CT molecular complexity index is 3890. The molecule has 5 aromatic heterocycles. The van der Waals surface area contributed by atoms with Gasteiger partial charge in [-0.1, -0.05) is 135 Å². The maximum absolute atomic E-state index is 6.50. The van der Waals surface area contributed by atoms with Gasteiger partial charge in [-0.05, 0) is 144 Å². The highest BCUT2D eigenvalue weighted by molar-refractivity contribution is 6.13. The summed E-state index contributed by atoms with van der Waals surface area (Å²) in [5, 5.41) is 4.45. The first-order chi connectivity index (χ1) is 35.5. The number of aromatic nitrogens is 4. The van der Waals surface area contributed by atoms with Gasteiger partial charge in [0, 0.05) is 68.7 Å². The van der Waals surface area contributed by atoms with Crippen molar-refractivity contribution in [1.29, 1.82) is 0 Å². The maximum atomic E-state index is 6.50. The number of benzene rings is 7. The summed E-state index contributed by atoms with van der Waals surface area (Å²) in [5.41, 5.74) is 19.6. The molecule has 0 atom stereocenters. The number of rotatable bonds is 10. The lowest BCUT2D eigenvalue weighted by Gasteiger charge is -2.11. The summed E-state index contributed by atoms with van der Waals surface area (Å²) in [6, 6.07) is 70.6. The predicted octanol–water partition coefficient (Wildman–Crippen LogP) is 17.6. The van der Waals surface area contributed by atoms with E-state index in [0.717, 1.165) is 128 Å². The Morgan fingerprint density at radius 2 is 0.861 bits per heavy atom. The van der Waals surface area contributed by atoms with Crippen LogP contribution in [0.15, 0.2) is 265 Å². The summed E-state index contributed by atoms with van der Waals surface area (Å²) in [6.07, 6.45) is 11.0. The lowest BCUT2D eigenvalue weighted by Crippen LogP contribution is -1.94. The monoisotopic (exact) mass is 927 g/mol. The molecule has 344 valence electrons. The van der Waals surface area contributed by atoms with Crippen LogP contribution in [-0.2, 0) is 0 Å². The van der Waals surface area contributed by atoms with Gasteiger partial charge in [0.05, 0.1) is 33.8 Å². The fraction of sp³-hybridized carbons (Fsp3) is 0.0303. The number of nitrogens with zero attached hydrogens (tertiary/aromatic N) is 5. The molecule has 0 saturated carbocycles. The molecule has 0 saturated heterocycles. The van der Waals surface area contributed by atoms with Crippen molar-refractivity contribution >= 4 is 50.0 Å². The first-order valence-corrected chi connectivity index (χ1v) is 24.1. The number of furan rings is 1. The highest BCUT2D eigenvalue weighted by Crippen LogP contribution is 2.42. The number of aliphatic imine (C=N–C) groups is 1. The van der Waals surface area contributed by atoms with Gasteiger partial charge < -0.3 is 8.98 Å². The molecule has 0 N–H and O–H groups in total. The summed E-state index contributed by atoms with van der Waals surface area (Å²) in [6.45, 7) is 11.2. The van der Waals surface area contributed by atoms with E-state index in [4.69, 9.17) is 14.4 Å². The summed E-state index contributed by atoms with van der Waals surface area (Å²) >= 11 is 0. The van der Waals surface area contributed by atoms with Crippen molar-refractivity contribution in [3.63, 3.8) is 0 Å². The lowest BCUT2D eigenvalue weighted by atomic mass is 9.94. The van der Waals surface area contributed by atoms with E-state index in [1.807, 2.05) is 74.9 Å². The Hall–Kier alpha value is -9.52. The zero-order valence-corrected chi connectivity index (χ0v) is 40.1. The van der Waals surface area contributed by atoms with Crippen LogP contribution in [0, 0.1) is 0 Å². The molecular formula is C66H49N5O. The molecule has 0 amide bonds. The minimum Gasteiger partial charge on any atom is -0.456 e. The smallest absolute Gasteiger partial charge is 0.135 e. The molecular weight excluding hydrogens is 879 g/mol. The third kappa shape index (κ3) is 8.52. The molecule has 6 heteroatoms. The third-order valence-corrected chi connectivity index (χ3v) is 13.2. The van der Waals surface area contributed by atoms with Crippen LogP contribution >= 0.6 is 0 Å². The molecule has 12 aromatic rings. The number of hydrogen-bond donors (Lipinski definition) is 0. The Labute approximate surface area is 419 Å². The van der Waals surface area contributed by atoms with E-state index in [0.29, 0.717) is 0 Å². The molecule has 7 aromatic carbocycles.